The quantitative estimate of drug-likeness (QED) is 0.906. The van der Waals surface area contributed by atoms with Gasteiger partial charge in [0.15, 0.2) is 0 Å². The first-order valence-corrected chi connectivity index (χ1v) is 7.11. The van der Waals surface area contributed by atoms with Gasteiger partial charge in [-0.25, -0.2) is 0 Å². The molecule has 3 nitrogen and oxygen atoms in total. The van der Waals surface area contributed by atoms with Crippen molar-refractivity contribution >= 4 is 0 Å². The van der Waals surface area contributed by atoms with Crippen molar-refractivity contribution in [2.45, 2.75) is 26.8 Å². The molecule has 0 aliphatic carbocycles. The Balaban J connectivity index is 2.30. The first-order valence-electron chi connectivity index (χ1n) is 7.11. The van der Waals surface area contributed by atoms with Crippen molar-refractivity contribution in [3.63, 3.8) is 0 Å². The van der Waals surface area contributed by atoms with E-state index in [1.165, 1.54) is 5.56 Å². The first-order chi connectivity index (χ1) is 9.02. The highest BCUT2D eigenvalue weighted by Gasteiger charge is 2.32. The lowest BCUT2D eigenvalue weighted by Gasteiger charge is -2.42. The Labute approximate surface area is 116 Å². The molecule has 19 heavy (non-hydrogen) atoms. The van der Waals surface area contributed by atoms with E-state index >= 15 is 0 Å². The van der Waals surface area contributed by atoms with Gasteiger partial charge in [0.2, 0.25) is 0 Å². The van der Waals surface area contributed by atoms with Crippen molar-refractivity contribution in [3.8, 4) is 5.75 Å². The van der Waals surface area contributed by atoms with E-state index in [-0.39, 0.29) is 5.41 Å². The van der Waals surface area contributed by atoms with Crippen molar-refractivity contribution < 1.29 is 4.74 Å². The molecule has 0 saturated carbocycles. The summed E-state index contributed by atoms with van der Waals surface area (Å²) in [7, 11) is 1.73. The maximum Gasteiger partial charge on any atom is 0.119 e. The second-order valence-corrected chi connectivity index (χ2v) is 6.33. The maximum absolute atomic E-state index is 5.37. The van der Waals surface area contributed by atoms with Crippen LogP contribution in [0, 0.1) is 5.41 Å². The van der Waals surface area contributed by atoms with E-state index in [1.54, 1.807) is 7.11 Å². The molecule has 3 heteroatoms. The molecule has 0 amide bonds. The molecule has 0 aromatic heterocycles. The van der Waals surface area contributed by atoms with Crippen molar-refractivity contribution in [2.75, 3.05) is 33.3 Å². The summed E-state index contributed by atoms with van der Waals surface area (Å²) in [5.74, 6) is 0.946. The van der Waals surface area contributed by atoms with E-state index in [0.717, 1.165) is 31.9 Å². The second kappa shape index (κ2) is 5.93. The zero-order chi connectivity index (χ0) is 13.9. The molecule has 1 fully saturated rings. The average Bonchev–Trinajstić information content (AvgIpc) is 2.39. The molecule has 1 heterocycles. The summed E-state index contributed by atoms with van der Waals surface area (Å²) in [5.41, 5.74) is 1.57. The fourth-order valence-electron chi connectivity index (χ4n) is 3.01. The van der Waals surface area contributed by atoms with Gasteiger partial charge in [-0.05, 0) is 23.1 Å². The van der Waals surface area contributed by atoms with Gasteiger partial charge in [0.1, 0.15) is 5.75 Å². The first kappa shape index (κ1) is 14.4. The van der Waals surface area contributed by atoms with Crippen molar-refractivity contribution in [1.82, 2.24) is 10.2 Å². The van der Waals surface area contributed by atoms with Gasteiger partial charge < -0.3 is 10.1 Å². The minimum absolute atomic E-state index is 0.212. The zero-order valence-electron chi connectivity index (χ0n) is 12.6. The molecule has 1 aliphatic rings. The van der Waals surface area contributed by atoms with E-state index in [1.807, 2.05) is 6.07 Å². The van der Waals surface area contributed by atoms with Crippen LogP contribution in [0.5, 0.6) is 5.75 Å². The van der Waals surface area contributed by atoms with E-state index in [2.05, 4.69) is 49.2 Å². The number of methoxy groups -OCH3 is 1. The van der Waals surface area contributed by atoms with Crippen LogP contribution in [0.2, 0.25) is 0 Å². The van der Waals surface area contributed by atoms with Gasteiger partial charge in [-0.3, -0.25) is 4.90 Å². The fraction of sp³-hybridized carbons (Fsp3) is 0.625. The van der Waals surface area contributed by atoms with Crippen LogP contribution in [-0.2, 0) is 0 Å². The number of rotatable bonds is 3. The lowest BCUT2D eigenvalue weighted by atomic mass is 9.81. The summed E-state index contributed by atoms with van der Waals surface area (Å²) >= 11 is 0. The van der Waals surface area contributed by atoms with Crippen LogP contribution in [0.25, 0.3) is 0 Å². The predicted octanol–water partition coefficient (Wildman–Crippen LogP) is 2.69. The smallest absolute Gasteiger partial charge is 0.119 e. The van der Waals surface area contributed by atoms with Crippen LogP contribution in [0.15, 0.2) is 24.3 Å². The molecule has 0 bridgehead atoms. The van der Waals surface area contributed by atoms with Crippen LogP contribution < -0.4 is 10.1 Å². The molecule has 0 spiro atoms. The number of nitrogens with zero attached hydrogens (tertiary/aromatic N) is 1. The van der Waals surface area contributed by atoms with E-state index in [0.29, 0.717) is 6.04 Å². The summed E-state index contributed by atoms with van der Waals surface area (Å²) in [6.07, 6.45) is 0. The maximum atomic E-state index is 5.37. The highest BCUT2D eigenvalue weighted by Crippen LogP contribution is 2.39. The molecule has 1 N–H and O–H groups in total. The molecule has 1 atom stereocenters. The Kier molecular flexibility index (Phi) is 4.48. The summed E-state index contributed by atoms with van der Waals surface area (Å²) in [5, 5.41) is 3.43. The predicted molar refractivity (Wildman–Crippen MR) is 79.6 cm³/mol. The molecule has 106 valence electrons. The zero-order valence-corrected chi connectivity index (χ0v) is 12.6. The summed E-state index contributed by atoms with van der Waals surface area (Å²) in [4.78, 5) is 2.59. The topological polar surface area (TPSA) is 24.5 Å². The van der Waals surface area contributed by atoms with Gasteiger partial charge in [0.25, 0.3) is 0 Å². The molecule has 1 aromatic rings. The number of hydrogen-bond donors (Lipinski definition) is 1. The lowest BCUT2D eigenvalue weighted by molar-refractivity contribution is 0.0861. The fourth-order valence-corrected chi connectivity index (χ4v) is 3.01. The molecule has 1 saturated heterocycles. The van der Waals surface area contributed by atoms with Gasteiger partial charge in [0, 0.05) is 32.2 Å². The van der Waals surface area contributed by atoms with Gasteiger partial charge in [-0.1, -0.05) is 32.9 Å². The third-order valence-corrected chi connectivity index (χ3v) is 3.75. The summed E-state index contributed by atoms with van der Waals surface area (Å²) < 4.78 is 5.37. The highest BCUT2D eigenvalue weighted by molar-refractivity contribution is 5.31. The Bertz CT molecular complexity index is 405. The molecule has 2 rings (SSSR count). The van der Waals surface area contributed by atoms with Crippen molar-refractivity contribution in [1.29, 1.82) is 0 Å². The third kappa shape index (κ3) is 3.48. The number of hydrogen-bond acceptors (Lipinski definition) is 3. The monoisotopic (exact) mass is 262 g/mol. The van der Waals surface area contributed by atoms with Gasteiger partial charge in [0.05, 0.1) is 7.11 Å². The van der Waals surface area contributed by atoms with Gasteiger partial charge in [-0.2, -0.15) is 0 Å². The molecule has 0 radical (unpaired) electrons. The van der Waals surface area contributed by atoms with Crippen LogP contribution >= 0.6 is 0 Å². The number of piperazine rings is 1. The minimum Gasteiger partial charge on any atom is -0.497 e. The van der Waals surface area contributed by atoms with Crippen LogP contribution in [0.1, 0.15) is 32.4 Å². The van der Waals surface area contributed by atoms with E-state index in [4.69, 9.17) is 4.74 Å². The Morgan fingerprint density at radius 1 is 1.21 bits per heavy atom. The van der Waals surface area contributed by atoms with Crippen LogP contribution in [0.4, 0.5) is 0 Å². The largest absolute Gasteiger partial charge is 0.497 e. The van der Waals surface area contributed by atoms with Crippen molar-refractivity contribution in [2.24, 2.45) is 5.41 Å². The third-order valence-electron chi connectivity index (χ3n) is 3.75. The number of benzene rings is 1. The SMILES string of the molecule is COc1cccc([C@@H](N2CCNCC2)C(C)(C)C)c1. The minimum atomic E-state index is 0.212. The van der Waals surface area contributed by atoms with Gasteiger partial charge in [-0.15, -0.1) is 0 Å². The van der Waals surface area contributed by atoms with Crippen LogP contribution in [-0.4, -0.2) is 38.2 Å². The molecule has 1 aliphatic heterocycles. The number of nitrogens with one attached hydrogen (secondary N) is 1. The molecule has 1 aromatic carbocycles. The summed E-state index contributed by atoms with van der Waals surface area (Å²) in [6, 6.07) is 8.94. The second-order valence-electron chi connectivity index (χ2n) is 6.33. The van der Waals surface area contributed by atoms with Crippen LogP contribution in [0.3, 0.4) is 0 Å². The van der Waals surface area contributed by atoms with Gasteiger partial charge >= 0.3 is 0 Å². The lowest BCUT2D eigenvalue weighted by Crippen LogP contribution is -2.48. The molecular formula is C16H26N2O. The Morgan fingerprint density at radius 2 is 1.89 bits per heavy atom. The Morgan fingerprint density at radius 3 is 2.47 bits per heavy atom. The normalized spacial score (nSPS) is 19.2. The van der Waals surface area contributed by atoms with E-state index in [9.17, 15) is 0 Å². The average molecular weight is 262 g/mol. The number of ether oxygens (including phenoxy) is 1. The van der Waals surface area contributed by atoms with E-state index < -0.39 is 0 Å². The Hall–Kier alpha value is -1.06. The highest BCUT2D eigenvalue weighted by atomic mass is 16.5. The summed E-state index contributed by atoms with van der Waals surface area (Å²) in [6.45, 7) is 11.3. The van der Waals surface area contributed by atoms with Crippen molar-refractivity contribution in [3.05, 3.63) is 29.8 Å². The molecule has 0 unspecified atom stereocenters. The molecular weight excluding hydrogens is 236 g/mol. The standard InChI is InChI=1S/C16H26N2O/c1-16(2,3)15(18-10-8-17-9-11-18)13-6-5-7-14(12-13)19-4/h5-7,12,15,17H,8-11H2,1-4H3/t15-/m1/s1.